The molecule has 120 valence electrons. The third-order valence-electron chi connectivity index (χ3n) is 3.09. The summed E-state index contributed by atoms with van der Waals surface area (Å²) in [5.74, 6) is -1.34. The third kappa shape index (κ3) is 3.57. The van der Waals surface area contributed by atoms with Crippen molar-refractivity contribution in [1.29, 1.82) is 0 Å². The molecule has 1 aliphatic rings. The highest BCUT2D eigenvalue weighted by molar-refractivity contribution is 6.31. The Morgan fingerprint density at radius 1 is 1.22 bits per heavy atom. The Bertz CT molecular complexity index is 699. The van der Waals surface area contributed by atoms with Crippen LogP contribution in [0.1, 0.15) is 18.1 Å². The van der Waals surface area contributed by atoms with Crippen molar-refractivity contribution in [3.05, 3.63) is 41.5 Å². The normalized spacial score (nSPS) is 14.1. The van der Waals surface area contributed by atoms with E-state index in [2.05, 4.69) is 6.58 Å². The summed E-state index contributed by atoms with van der Waals surface area (Å²) in [4.78, 5) is 34.5. The van der Waals surface area contributed by atoms with Crippen molar-refractivity contribution >= 4 is 23.9 Å². The monoisotopic (exact) mass is 316 g/mol. The quantitative estimate of drug-likeness (QED) is 0.431. The molecule has 0 aliphatic carbocycles. The molecule has 1 aromatic carbocycles. The van der Waals surface area contributed by atoms with E-state index in [9.17, 15) is 19.5 Å². The number of amides is 4. The second-order valence-corrected chi connectivity index (χ2v) is 4.75. The SMILES string of the molecule is C=CCc1cc(C=C2C(=O)NC(=O)NC2=O)cc(OCC)c1O. The molecular weight excluding hydrogens is 300 g/mol. The van der Waals surface area contributed by atoms with Crippen LogP contribution in [0.15, 0.2) is 30.4 Å². The Kier molecular flexibility index (Phi) is 4.80. The number of hydrogen-bond acceptors (Lipinski definition) is 5. The summed E-state index contributed by atoms with van der Waals surface area (Å²) in [6.07, 6.45) is 3.33. The average molecular weight is 316 g/mol. The number of carbonyl (C=O) groups excluding carboxylic acids is 3. The fraction of sp³-hybridized carbons (Fsp3) is 0.188. The number of allylic oxidation sites excluding steroid dienone is 1. The molecule has 23 heavy (non-hydrogen) atoms. The summed E-state index contributed by atoms with van der Waals surface area (Å²) in [5.41, 5.74) is 0.825. The van der Waals surface area contributed by atoms with Gasteiger partial charge >= 0.3 is 6.03 Å². The molecule has 0 saturated carbocycles. The number of hydrogen-bond donors (Lipinski definition) is 3. The highest BCUT2D eigenvalue weighted by Gasteiger charge is 2.27. The first-order chi connectivity index (χ1) is 11.0. The van der Waals surface area contributed by atoms with Crippen LogP contribution >= 0.6 is 0 Å². The minimum atomic E-state index is -0.856. The molecule has 1 saturated heterocycles. The van der Waals surface area contributed by atoms with E-state index in [0.29, 0.717) is 24.2 Å². The molecule has 1 fully saturated rings. The maximum absolute atomic E-state index is 11.7. The number of phenols is 1. The van der Waals surface area contributed by atoms with Crippen molar-refractivity contribution in [1.82, 2.24) is 10.6 Å². The van der Waals surface area contributed by atoms with Gasteiger partial charge in [0.2, 0.25) is 0 Å². The van der Waals surface area contributed by atoms with E-state index < -0.39 is 17.8 Å². The lowest BCUT2D eigenvalue weighted by Crippen LogP contribution is -2.51. The summed E-state index contributed by atoms with van der Waals surface area (Å²) >= 11 is 0. The van der Waals surface area contributed by atoms with Crippen LogP contribution in [0.4, 0.5) is 4.79 Å². The molecule has 0 aromatic heterocycles. The minimum absolute atomic E-state index is 0.0124. The van der Waals surface area contributed by atoms with Gasteiger partial charge in [0.25, 0.3) is 11.8 Å². The van der Waals surface area contributed by atoms with Crippen LogP contribution in [0.2, 0.25) is 0 Å². The summed E-state index contributed by atoms with van der Waals surface area (Å²) in [6, 6.07) is 2.27. The maximum Gasteiger partial charge on any atom is 0.328 e. The van der Waals surface area contributed by atoms with Gasteiger partial charge in [-0.15, -0.1) is 6.58 Å². The van der Waals surface area contributed by atoms with E-state index >= 15 is 0 Å². The second-order valence-electron chi connectivity index (χ2n) is 4.75. The molecule has 7 heteroatoms. The third-order valence-corrected chi connectivity index (χ3v) is 3.09. The zero-order chi connectivity index (χ0) is 17.0. The van der Waals surface area contributed by atoms with Crippen LogP contribution in [0.5, 0.6) is 11.5 Å². The zero-order valence-corrected chi connectivity index (χ0v) is 12.5. The van der Waals surface area contributed by atoms with Gasteiger partial charge in [-0.05, 0) is 37.1 Å². The van der Waals surface area contributed by atoms with E-state index in [0.717, 1.165) is 0 Å². The molecule has 0 bridgehead atoms. The summed E-state index contributed by atoms with van der Waals surface area (Å²) in [7, 11) is 0. The second kappa shape index (κ2) is 6.78. The maximum atomic E-state index is 11.7. The van der Waals surface area contributed by atoms with E-state index in [1.165, 1.54) is 12.1 Å². The van der Waals surface area contributed by atoms with Gasteiger partial charge in [0.1, 0.15) is 5.57 Å². The number of imide groups is 2. The number of rotatable bonds is 5. The summed E-state index contributed by atoms with van der Waals surface area (Å²) in [6.45, 7) is 5.73. The van der Waals surface area contributed by atoms with Crippen LogP contribution in [0.25, 0.3) is 6.08 Å². The van der Waals surface area contributed by atoms with Crippen molar-refractivity contribution in [3.8, 4) is 11.5 Å². The van der Waals surface area contributed by atoms with Crippen molar-refractivity contribution in [2.24, 2.45) is 0 Å². The van der Waals surface area contributed by atoms with Crippen LogP contribution in [0, 0.1) is 0 Å². The highest BCUT2D eigenvalue weighted by Crippen LogP contribution is 2.33. The van der Waals surface area contributed by atoms with Crippen molar-refractivity contribution in [2.75, 3.05) is 6.61 Å². The van der Waals surface area contributed by atoms with E-state index in [1.54, 1.807) is 19.1 Å². The standard InChI is InChI=1S/C16H16N2O5/c1-3-5-10-6-9(8-12(13(10)19)23-4-2)7-11-14(20)17-16(22)18-15(11)21/h3,6-8,19H,1,4-5H2,2H3,(H2,17,18,20,21,22). The Hall–Kier alpha value is -3.09. The first kappa shape index (κ1) is 16.3. The molecule has 0 spiro atoms. The molecule has 0 atom stereocenters. The predicted molar refractivity (Wildman–Crippen MR) is 82.8 cm³/mol. The lowest BCUT2D eigenvalue weighted by atomic mass is 10.0. The average Bonchev–Trinajstić information content (AvgIpc) is 2.48. The van der Waals surface area contributed by atoms with Gasteiger partial charge in [-0.1, -0.05) is 6.08 Å². The first-order valence-electron chi connectivity index (χ1n) is 6.94. The fourth-order valence-corrected chi connectivity index (χ4v) is 2.12. The Balaban J connectivity index is 2.47. The van der Waals surface area contributed by atoms with Crippen LogP contribution in [-0.4, -0.2) is 29.6 Å². The lowest BCUT2D eigenvalue weighted by molar-refractivity contribution is -0.123. The Labute approximate surface area is 132 Å². The van der Waals surface area contributed by atoms with E-state index in [-0.39, 0.29) is 17.1 Å². The molecular formula is C16H16N2O5. The number of benzene rings is 1. The molecule has 7 nitrogen and oxygen atoms in total. The number of nitrogens with one attached hydrogen (secondary N) is 2. The lowest BCUT2D eigenvalue weighted by Gasteiger charge is -2.15. The summed E-state index contributed by atoms with van der Waals surface area (Å²) < 4.78 is 5.36. The molecule has 0 radical (unpaired) electrons. The van der Waals surface area contributed by atoms with E-state index in [1.807, 2.05) is 10.6 Å². The van der Waals surface area contributed by atoms with Gasteiger partial charge in [-0.2, -0.15) is 0 Å². The van der Waals surface area contributed by atoms with Crippen molar-refractivity contribution in [2.45, 2.75) is 13.3 Å². The Morgan fingerprint density at radius 3 is 2.43 bits per heavy atom. The van der Waals surface area contributed by atoms with Crippen LogP contribution in [0.3, 0.4) is 0 Å². The topological polar surface area (TPSA) is 105 Å². The van der Waals surface area contributed by atoms with Crippen LogP contribution in [-0.2, 0) is 16.0 Å². The number of barbiturate groups is 1. The number of ether oxygens (including phenoxy) is 1. The molecule has 1 heterocycles. The first-order valence-corrected chi connectivity index (χ1v) is 6.94. The molecule has 4 amide bonds. The molecule has 1 aliphatic heterocycles. The molecule has 3 N–H and O–H groups in total. The molecule has 2 rings (SSSR count). The highest BCUT2D eigenvalue weighted by atomic mass is 16.5. The predicted octanol–water partition coefficient (Wildman–Crippen LogP) is 1.27. The number of aromatic hydroxyl groups is 1. The summed E-state index contributed by atoms with van der Waals surface area (Å²) in [5, 5.41) is 14.1. The molecule has 0 unspecified atom stereocenters. The zero-order valence-electron chi connectivity index (χ0n) is 12.5. The van der Waals surface area contributed by atoms with Gasteiger partial charge < -0.3 is 9.84 Å². The number of urea groups is 1. The van der Waals surface area contributed by atoms with Gasteiger partial charge in [0.15, 0.2) is 11.5 Å². The van der Waals surface area contributed by atoms with Gasteiger partial charge in [0.05, 0.1) is 6.61 Å². The number of phenolic OH excluding ortho intramolecular Hbond substituents is 1. The number of carbonyl (C=O) groups is 3. The fourth-order valence-electron chi connectivity index (χ4n) is 2.12. The largest absolute Gasteiger partial charge is 0.504 e. The minimum Gasteiger partial charge on any atom is -0.504 e. The molecule has 1 aromatic rings. The smallest absolute Gasteiger partial charge is 0.328 e. The Morgan fingerprint density at radius 2 is 1.87 bits per heavy atom. The van der Waals surface area contributed by atoms with Gasteiger partial charge in [-0.3, -0.25) is 20.2 Å². The van der Waals surface area contributed by atoms with Crippen LogP contribution < -0.4 is 15.4 Å². The van der Waals surface area contributed by atoms with Gasteiger partial charge in [-0.25, -0.2) is 4.79 Å². The van der Waals surface area contributed by atoms with E-state index in [4.69, 9.17) is 4.74 Å². The van der Waals surface area contributed by atoms with Crippen molar-refractivity contribution < 1.29 is 24.2 Å². The van der Waals surface area contributed by atoms with Gasteiger partial charge in [0, 0.05) is 5.56 Å². The van der Waals surface area contributed by atoms with Crippen molar-refractivity contribution in [3.63, 3.8) is 0 Å².